The number of thioether (sulfide) groups is 1. The first-order valence-electron chi connectivity index (χ1n) is 10.9. The number of aromatic nitrogens is 2. The van der Waals surface area contributed by atoms with E-state index in [9.17, 15) is 9.59 Å². The first-order valence-corrected chi connectivity index (χ1v) is 11.9. The lowest BCUT2D eigenvalue weighted by Gasteiger charge is -2.12. The molecule has 0 spiro atoms. The Balaban J connectivity index is 1.40. The third-order valence-electron chi connectivity index (χ3n) is 5.24. The summed E-state index contributed by atoms with van der Waals surface area (Å²) in [6.45, 7) is 4.60. The maximum atomic E-state index is 13.1. The largest absolute Gasteiger partial charge is 0.325 e. The molecule has 4 rings (SSSR count). The Kier molecular flexibility index (Phi) is 7.44. The second-order valence-electron chi connectivity index (χ2n) is 8.01. The summed E-state index contributed by atoms with van der Waals surface area (Å²) in [4.78, 5) is 26.2. The summed E-state index contributed by atoms with van der Waals surface area (Å²) in [5.41, 5.74) is 4.69. The fourth-order valence-corrected chi connectivity index (χ4v) is 4.22. The van der Waals surface area contributed by atoms with E-state index >= 15 is 0 Å². The van der Waals surface area contributed by atoms with Crippen molar-refractivity contribution in [2.24, 2.45) is 0 Å². The molecule has 0 bridgehead atoms. The van der Waals surface area contributed by atoms with Crippen molar-refractivity contribution in [2.45, 2.75) is 25.3 Å². The number of benzene rings is 3. The van der Waals surface area contributed by atoms with Crippen LogP contribution in [0, 0.1) is 13.8 Å². The Bertz CT molecular complexity index is 1280. The molecule has 7 heteroatoms. The molecule has 2 N–H and O–H groups in total. The molecule has 0 saturated carbocycles. The maximum Gasteiger partial charge on any atom is 0.257 e. The van der Waals surface area contributed by atoms with E-state index in [1.807, 2.05) is 56.3 Å². The molecule has 0 saturated heterocycles. The van der Waals surface area contributed by atoms with Crippen LogP contribution in [-0.4, -0.2) is 27.3 Å². The van der Waals surface area contributed by atoms with Crippen LogP contribution in [0.1, 0.15) is 27.0 Å². The number of hydrogen-bond acceptors (Lipinski definition) is 4. The third-order valence-corrected chi connectivity index (χ3v) is 6.31. The number of aryl methyl sites for hydroxylation is 2. The molecule has 0 fully saturated rings. The lowest BCUT2D eigenvalue weighted by atomic mass is 10.1. The van der Waals surface area contributed by atoms with Crippen molar-refractivity contribution in [1.29, 1.82) is 0 Å². The second kappa shape index (κ2) is 10.9. The van der Waals surface area contributed by atoms with Gasteiger partial charge in [-0.1, -0.05) is 59.7 Å². The number of carbonyl (C=O) groups is 2. The van der Waals surface area contributed by atoms with Gasteiger partial charge < -0.3 is 10.6 Å². The molecule has 34 heavy (non-hydrogen) atoms. The van der Waals surface area contributed by atoms with Crippen LogP contribution in [0.4, 0.5) is 11.5 Å². The predicted molar refractivity (Wildman–Crippen MR) is 137 cm³/mol. The van der Waals surface area contributed by atoms with Crippen molar-refractivity contribution in [3.05, 3.63) is 107 Å². The molecule has 0 unspecified atom stereocenters. The summed E-state index contributed by atoms with van der Waals surface area (Å²) in [6, 6.07) is 24.9. The van der Waals surface area contributed by atoms with E-state index in [-0.39, 0.29) is 17.6 Å². The van der Waals surface area contributed by atoms with Crippen molar-refractivity contribution >= 4 is 35.1 Å². The highest BCUT2D eigenvalue weighted by atomic mass is 32.2. The minimum atomic E-state index is -0.243. The third kappa shape index (κ3) is 6.14. The summed E-state index contributed by atoms with van der Waals surface area (Å²) in [7, 11) is 0. The quantitative estimate of drug-likeness (QED) is 0.332. The Morgan fingerprint density at radius 1 is 0.853 bits per heavy atom. The van der Waals surface area contributed by atoms with Gasteiger partial charge in [0.2, 0.25) is 5.91 Å². The fraction of sp³-hybridized carbons (Fsp3) is 0.148. The molecular weight excluding hydrogens is 444 g/mol. The number of nitrogens with one attached hydrogen (secondary N) is 2. The molecule has 0 atom stereocenters. The van der Waals surface area contributed by atoms with E-state index in [0.29, 0.717) is 17.9 Å². The van der Waals surface area contributed by atoms with Crippen LogP contribution in [0.15, 0.2) is 90.0 Å². The zero-order chi connectivity index (χ0) is 23.9. The Morgan fingerprint density at radius 2 is 1.53 bits per heavy atom. The SMILES string of the molecule is Cc1ccc(Cn2nccc2NC(=O)c2ccccc2SCC(=O)Nc2ccc(C)cc2)cc1. The van der Waals surface area contributed by atoms with Crippen LogP contribution in [0.5, 0.6) is 0 Å². The van der Waals surface area contributed by atoms with E-state index < -0.39 is 0 Å². The summed E-state index contributed by atoms with van der Waals surface area (Å²) >= 11 is 1.33. The van der Waals surface area contributed by atoms with Gasteiger partial charge in [0.15, 0.2) is 0 Å². The van der Waals surface area contributed by atoms with E-state index in [0.717, 1.165) is 21.7 Å². The Morgan fingerprint density at radius 3 is 2.26 bits per heavy atom. The van der Waals surface area contributed by atoms with Gasteiger partial charge in [0.25, 0.3) is 5.91 Å². The zero-order valence-electron chi connectivity index (χ0n) is 19.1. The van der Waals surface area contributed by atoms with Gasteiger partial charge in [-0.15, -0.1) is 11.8 Å². The molecule has 0 radical (unpaired) electrons. The average Bonchev–Trinajstić information content (AvgIpc) is 3.27. The highest BCUT2D eigenvalue weighted by Gasteiger charge is 2.15. The number of rotatable bonds is 8. The number of hydrogen-bond donors (Lipinski definition) is 2. The van der Waals surface area contributed by atoms with Crippen molar-refractivity contribution in [1.82, 2.24) is 9.78 Å². The van der Waals surface area contributed by atoms with Crippen LogP contribution >= 0.6 is 11.8 Å². The standard InChI is InChI=1S/C27H26N4O2S/c1-19-7-11-21(12-8-19)17-31-25(15-16-28-31)30-27(33)23-5-3-4-6-24(23)34-18-26(32)29-22-13-9-20(2)10-14-22/h3-16H,17-18H2,1-2H3,(H,29,32)(H,30,33). The van der Waals surface area contributed by atoms with E-state index in [1.165, 1.54) is 17.3 Å². The monoisotopic (exact) mass is 470 g/mol. The summed E-state index contributed by atoms with van der Waals surface area (Å²) in [6.07, 6.45) is 1.67. The molecule has 3 aromatic carbocycles. The van der Waals surface area contributed by atoms with Crippen molar-refractivity contribution in [2.75, 3.05) is 16.4 Å². The molecule has 172 valence electrons. The second-order valence-corrected chi connectivity index (χ2v) is 9.03. The van der Waals surface area contributed by atoms with Gasteiger partial charge in [0.05, 0.1) is 24.1 Å². The van der Waals surface area contributed by atoms with Gasteiger partial charge in [-0.2, -0.15) is 5.10 Å². The molecule has 2 amide bonds. The van der Waals surface area contributed by atoms with Crippen LogP contribution in [-0.2, 0) is 11.3 Å². The van der Waals surface area contributed by atoms with Gasteiger partial charge in [-0.05, 0) is 43.7 Å². The smallest absolute Gasteiger partial charge is 0.257 e. The van der Waals surface area contributed by atoms with E-state index in [4.69, 9.17) is 0 Å². The van der Waals surface area contributed by atoms with Crippen molar-refractivity contribution < 1.29 is 9.59 Å². The summed E-state index contributed by atoms with van der Waals surface area (Å²) < 4.78 is 1.76. The lowest BCUT2D eigenvalue weighted by Crippen LogP contribution is -2.18. The average molecular weight is 471 g/mol. The Labute approximate surface area is 203 Å². The molecule has 0 aliphatic heterocycles. The highest BCUT2D eigenvalue weighted by Crippen LogP contribution is 2.24. The highest BCUT2D eigenvalue weighted by molar-refractivity contribution is 8.00. The van der Waals surface area contributed by atoms with Gasteiger partial charge >= 0.3 is 0 Å². The van der Waals surface area contributed by atoms with E-state index in [1.54, 1.807) is 23.0 Å². The number of anilines is 2. The first-order chi connectivity index (χ1) is 16.5. The Hall–Kier alpha value is -3.84. The van der Waals surface area contributed by atoms with Crippen molar-refractivity contribution in [3.8, 4) is 0 Å². The first kappa shape index (κ1) is 23.3. The molecule has 1 aromatic heterocycles. The molecule has 6 nitrogen and oxygen atoms in total. The van der Waals surface area contributed by atoms with Crippen molar-refractivity contribution in [3.63, 3.8) is 0 Å². The number of amides is 2. The van der Waals surface area contributed by atoms with Crippen LogP contribution < -0.4 is 10.6 Å². The molecule has 0 aliphatic carbocycles. The molecular formula is C27H26N4O2S. The molecule has 0 aliphatic rings. The fourth-order valence-electron chi connectivity index (χ4n) is 3.37. The summed E-state index contributed by atoms with van der Waals surface area (Å²) in [5, 5.41) is 10.2. The maximum absolute atomic E-state index is 13.1. The summed E-state index contributed by atoms with van der Waals surface area (Å²) in [5.74, 6) is 0.444. The minimum Gasteiger partial charge on any atom is -0.325 e. The van der Waals surface area contributed by atoms with Crippen LogP contribution in [0.2, 0.25) is 0 Å². The van der Waals surface area contributed by atoms with Crippen LogP contribution in [0.3, 0.4) is 0 Å². The van der Waals surface area contributed by atoms with Crippen LogP contribution in [0.25, 0.3) is 0 Å². The molecule has 4 aromatic rings. The topological polar surface area (TPSA) is 76.0 Å². The normalized spacial score (nSPS) is 10.6. The van der Waals surface area contributed by atoms with E-state index in [2.05, 4.69) is 40.0 Å². The van der Waals surface area contributed by atoms with Gasteiger partial charge in [0, 0.05) is 16.6 Å². The minimum absolute atomic E-state index is 0.125. The zero-order valence-corrected chi connectivity index (χ0v) is 19.9. The lowest BCUT2D eigenvalue weighted by molar-refractivity contribution is -0.113. The predicted octanol–water partition coefficient (Wildman–Crippen LogP) is 5.53. The van der Waals surface area contributed by atoms with Gasteiger partial charge in [0.1, 0.15) is 5.82 Å². The van der Waals surface area contributed by atoms with Gasteiger partial charge in [-0.3, -0.25) is 9.59 Å². The number of carbonyl (C=O) groups excluding carboxylic acids is 2. The number of nitrogens with zero attached hydrogens (tertiary/aromatic N) is 2. The molecule has 1 heterocycles. The van der Waals surface area contributed by atoms with Gasteiger partial charge in [-0.25, -0.2) is 4.68 Å².